The molecule has 0 aliphatic heterocycles. The van der Waals surface area contributed by atoms with Crippen molar-refractivity contribution in [1.82, 2.24) is 10.6 Å². The Labute approximate surface area is 124 Å². The summed E-state index contributed by atoms with van der Waals surface area (Å²) in [6.07, 6.45) is 1.54. The zero-order valence-electron chi connectivity index (χ0n) is 11.9. The average molecular weight is 304 g/mol. The summed E-state index contributed by atoms with van der Waals surface area (Å²) in [5.41, 5.74) is 5.70. The highest BCUT2D eigenvalue weighted by molar-refractivity contribution is 5.89. The van der Waals surface area contributed by atoms with Gasteiger partial charge in [0.05, 0.1) is 18.8 Å². The van der Waals surface area contributed by atoms with Crippen molar-refractivity contribution < 1.29 is 14.0 Å². The first kappa shape index (κ1) is 18.5. The average Bonchev–Trinajstić information content (AvgIpc) is 2.87. The highest BCUT2D eigenvalue weighted by atomic mass is 35.5. The molecular weight excluding hydrogens is 282 g/mol. The molecule has 7 heteroatoms. The quantitative estimate of drug-likeness (QED) is 0.724. The molecule has 0 bridgehead atoms. The second-order valence-electron chi connectivity index (χ2n) is 4.80. The molecule has 0 saturated heterocycles. The Bertz CT molecular complexity index is 421. The molecule has 6 nitrogen and oxygen atoms in total. The van der Waals surface area contributed by atoms with Gasteiger partial charge in [-0.2, -0.15) is 0 Å². The van der Waals surface area contributed by atoms with Crippen LogP contribution in [-0.2, 0) is 16.1 Å². The van der Waals surface area contributed by atoms with Crippen molar-refractivity contribution in [2.45, 2.75) is 39.4 Å². The van der Waals surface area contributed by atoms with E-state index in [1.165, 1.54) is 6.26 Å². The van der Waals surface area contributed by atoms with E-state index in [2.05, 4.69) is 10.6 Å². The van der Waals surface area contributed by atoms with Crippen LogP contribution >= 0.6 is 12.4 Å². The van der Waals surface area contributed by atoms with E-state index >= 15 is 0 Å². The van der Waals surface area contributed by atoms with Crippen LogP contribution in [0.2, 0.25) is 0 Å². The summed E-state index contributed by atoms with van der Waals surface area (Å²) in [7, 11) is 0. The number of amides is 2. The van der Waals surface area contributed by atoms with Gasteiger partial charge in [-0.1, -0.05) is 13.8 Å². The molecule has 1 unspecified atom stereocenters. The van der Waals surface area contributed by atoms with Crippen molar-refractivity contribution in [3.63, 3.8) is 0 Å². The lowest BCUT2D eigenvalue weighted by Crippen LogP contribution is -2.51. The molecule has 0 radical (unpaired) electrons. The van der Waals surface area contributed by atoms with Crippen molar-refractivity contribution in [2.75, 3.05) is 0 Å². The summed E-state index contributed by atoms with van der Waals surface area (Å²) in [5.74, 6) is 0.0838. The molecule has 0 aromatic carbocycles. The summed E-state index contributed by atoms with van der Waals surface area (Å²) in [4.78, 5) is 23.5. The number of carbonyl (C=O) groups excluding carboxylic acids is 2. The van der Waals surface area contributed by atoms with Crippen LogP contribution in [0.15, 0.2) is 22.8 Å². The summed E-state index contributed by atoms with van der Waals surface area (Å²) in [6.45, 7) is 5.61. The first-order chi connectivity index (χ1) is 8.91. The Balaban J connectivity index is 0.00000361. The third-order valence-corrected chi connectivity index (χ3v) is 2.79. The van der Waals surface area contributed by atoms with Gasteiger partial charge in [-0.3, -0.25) is 9.59 Å². The van der Waals surface area contributed by atoms with Crippen molar-refractivity contribution in [3.05, 3.63) is 24.2 Å². The van der Waals surface area contributed by atoms with Crippen LogP contribution in [0.3, 0.4) is 0 Å². The summed E-state index contributed by atoms with van der Waals surface area (Å²) < 4.78 is 5.09. The van der Waals surface area contributed by atoms with E-state index in [0.29, 0.717) is 12.3 Å². The van der Waals surface area contributed by atoms with Crippen LogP contribution in [0.4, 0.5) is 0 Å². The fraction of sp³-hybridized carbons (Fsp3) is 0.538. The molecule has 4 N–H and O–H groups in total. The lowest BCUT2D eigenvalue weighted by Gasteiger charge is -2.19. The van der Waals surface area contributed by atoms with Crippen molar-refractivity contribution in [1.29, 1.82) is 0 Å². The van der Waals surface area contributed by atoms with E-state index in [-0.39, 0.29) is 30.1 Å². The molecule has 0 saturated carbocycles. The Kier molecular flexibility index (Phi) is 7.94. The molecule has 2 atom stereocenters. The molecule has 0 fully saturated rings. The van der Waals surface area contributed by atoms with E-state index in [9.17, 15) is 9.59 Å². The molecule has 1 aromatic heterocycles. The SMILES string of the molecule is CC(NC(=O)[C@@H](N)C(C)C)C(=O)NCc1ccco1.Cl. The summed E-state index contributed by atoms with van der Waals surface area (Å²) >= 11 is 0. The fourth-order valence-electron chi connectivity index (χ4n) is 1.42. The molecule has 0 aliphatic rings. The highest BCUT2D eigenvalue weighted by Gasteiger charge is 2.21. The normalized spacial score (nSPS) is 13.2. The minimum Gasteiger partial charge on any atom is -0.467 e. The zero-order valence-corrected chi connectivity index (χ0v) is 12.7. The van der Waals surface area contributed by atoms with Crippen molar-refractivity contribution in [3.8, 4) is 0 Å². The largest absolute Gasteiger partial charge is 0.467 e. The van der Waals surface area contributed by atoms with Gasteiger partial charge in [-0.25, -0.2) is 0 Å². The van der Waals surface area contributed by atoms with E-state index in [1.54, 1.807) is 19.1 Å². The van der Waals surface area contributed by atoms with E-state index in [1.807, 2.05) is 13.8 Å². The first-order valence-corrected chi connectivity index (χ1v) is 6.28. The molecular formula is C13H22ClN3O3. The predicted molar refractivity (Wildman–Crippen MR) is 78.2 cm³/mol. The van der Waals surface area contributed by atoms with Crippen molar-refractivity contribution in [2.24, 2.45) is 11.7 Å². The second kappa shape index (κ2) is 8.60. The zero-order chi connectivity index (χ0) is 14.4. The van der Waals surface area contributed by atoms with Crippen LogP contribution in [-0.4, -0.2) is 23.9 Å². The van der Waals surface area contributed by atoms with Gasteiger partial charge in [0, 0.05) is 0 Å². The number of hydrogen-bond acceptors (Lipinski definition) is 4. The monoisotopic (exact) mass is 303 g/mol. The number of carbonyl (C=O) groups is 2. The molecule has 0 spiro atoms. The lowest BCUT2D eigenvalue weighted by atomic mass is 10.0. The Morgan fingerprint density at radius 1 is 1.30 bits per heavy atom. The fourth-order valence-corrected chi connectivity index (χ4v) is 1.42. The minimum absolute atomic E-state index is 0. The first-order valence-electron chi connectivity index (χ1n) is 6.28. The third-order valence-electron chi connectivity index (χ3n) is 2.79. The minimum atomic E-state index is -0.632. The number of hydrogen-bond donors (Lipinski definition) is 3. The van der Waals surface area contributed by atoms with Crippen LogP contribution in [0.1, 0.15) is 26.5 Å². The standard InChI is InChI=1S/C13H21N3O3.ClH/c1-8(2)11(14)13(18)16-9(3)12(17)15-7-10-5-4-6-19-10;/h4-6,8-9,11H,7,14H2,1-3H3,(H,15,17)(H,16,18);1H/t9?,11-;/m0./s1. The summed E-state index contributed by atoms with van der Waals surface area (Å²) in [5, 5.41) is 5.25. The molecule has 1 rings (SSSR count). The maximum absolute atomic E-state index is 11.8. The number of nitrogens with one attached hydrogen (secondary N) is 2. The van der Waals surface area contributed by atoms with Crippen LogP contribution in [0.5, 0.6) is 0 Å². The van der Waals surface area contributed by atoms with Gasteiger partial charge in [-0.05, 0) is 25.0 Å². The Hall–Kier alpha value is -1.53. The van der Waals surface area contributed by atoms with Gasteiger partial charge in [0.1, 0.15) is 11.8 Å². The van der Waals surface area contributed by atoms with E-state index in [0.717, 1.165) is 0 Å². The third kappa shape index (κ3) is 5.63. The number of rotatable bonds is 6. The summed E-state index contributed by atoms with van der Waals surface area (Å²) in [6, 6.07) is 2.26. The number of halogens is 1. The van der Waals surface area contributed by atoms with Gasteiger partial charge in [0.2, 0.25) is 11.8 Å². The smallest absolute Gasteiger partial charge is 0.242 e. The van der Waals surface area contributed by atoms with Crippen LogP contribution in [0, 0.1) is 5.92 Å². The molecule has 0 aliphatic carbocycles. The van der Waals surface area contributed by atoms with Gasteiger partial charge < -0.3 is 20.8 Å². The molecule has 1 heterocycles. The predicted octanol–water partition coefficient (Wildman–Crippen LogP) is 0.806. The molecule has 2 amide bonds. The Morgan fingerprint density at radius 3 is 2.45 bits per heavy atom. The topological polar surface area (TPSA) is 97.4 Å². The van der Waals surface area contributed by atoms with E-state index in [4.69, 9.17) is 10.2 Å². The highest BCUT2D eigenvalue weighted by Crippen LogP contribution is 2.00. The molecule has 114 valence electrons. The van der Waals surface area contributed by atoms with E-state index < -0.39 is 12.1 Å². The van der Waals surface area contributed by atoms with Gasteiger partial charge in [-0.15, -0.1) is 12.4 Å². The number of nitrogens with two attached hydrogens (primary N) is 1. The Morgan fingerprint density at radius 2 is 1.95 bits per heavy atom. The van der Waals surface area contributed by atoms with Crippen LogP contribution in [0.25, 0.3) is 0 Å². The number of furan rings is 1. The maximum Gasteiger partial charge on any atom is 0.242 e. The van der Waals surface area contributed by atoms with Crippen molar-refractivity contribution >= 4 is 24.2 Å². The lowest BCUT2D eigenvalue weighted by molar-refractivity contribution is -0.129. The van der Waals surface area contributed by atoms with Gasteiger partial charge in [0.15, 0.2) is 0 Å². The van der Waals surface area contributed by atoms with Gasteiger partial charge in [0.25, 0.3) is 0 Å². The second-order valence-corrected chi connectivity index (χ2v) is 4.80. The maximum atomic E-state index is 11.8. The molecule has 1 aromatic rings. The van der Waals surface area contributed by atoms with Gasteiger partial charge >= 0.3 is 0 Å². The van der Waals surface area contributed by atoms with Crippen LogP contribution < -0.4 is 16.4 Å². The molecule has 20 heavy (non-hydrogen) atoms.